The highest BCUT2D eigenvalue weighted by Crippen LogP contribution is 2.45. The first kappa shape index (κ1) is 17.5. The first-order valence-electron chi connectivity index (χ1n) is 8.52. The Morgan fingerprint density at radius 1 is 1.21 bits per heavy atom. The van der Waals surface area contributed by atoms with E-state index in [1.54, 1.807) is 14.2 Å². The van der Waals surface area contributed by atoms with Gasteiger partial charge in [-0.15, -0.1) is 0 Å². The Morgan fingerprint density at radius 2 is 1.88 bits per heavy atom. The first-order valence-corrected chi connectivity index (χ1v) is 8.52. The van der Waals surface area contributed by atoms with Crippen molar-refractivity contribution in [3.63, 3.8) is 0 Å². The highest BCUT2D eigenvalue weighted by molar-refractivity contribution is 5.50. The third-order valence-corrected chi connectivity index (χ3v) is 5.19. The predicted octanol–water partition coefficient (Wildman–Crippen LogP) is 0.921. The molecule has 1 saturated heterocycles. The van der Waals surface area contributed by atoms with Crippen molar-refractivity contribution in [1.29, 1.82) is 0 Å². The molecule has 1 spiro atoms. The summed E-state index contributed by atoms with van der Waals surface area (Å²) in [4.78, 5) is 2.19. The van der Waals surface area contributed by atoms with E-state index in [-0.39, 0.29) is 12.2 Å². The molecule has 3 rings (SSSR count). The topological polar surface area (TPSA) is 71.4 Å². The van der Waals surface area contributed by atoms with Gasteiger partial charge in [-0.1, -0.05) is 0 Å². The van der Waals surface area contributed by atoms with Crippen LogP contribution in [0.3, 0.4) is 0 Å². The van der Waals surface area contributed by atoms with Gasteiger partial charge in [-0.25, -0.2) is 0 Å². The smallest absolute Gasteiger partial charge is 0.161 e. The van der Waals surface area contributed by atoms with Gasteiger partial charge in [0.05, 0.1) is 39.1 Å². The number of hydrogen-bond acceptors (Lipinski definition) is 6. The molecule has 134 valence electrons. The van der Waals surface area contributed by atoms with Gasteiger partial charge in [-0.05, 0) is 42.5 Å². The van der Waals surface area contributed by atoms with Crippen molar-refractivity contribution in [2.24, 2.45) is 0 Å². The monoisotopic (exact) mass is 337 g/mol. The fourth-order valence-electron chi connectivity index (χ4n) is 3.85. The molecule has 0 radical (unpaired) electrons. The Labute approximate surface area is 142 Å². The summed E-state index contributed by atoms with van der Waals surface area (Å²) in [5.74, 6) is 1.50. The van der Waals surface area contributed by atoms with Crippen LogP contribution < -0.4 is 9.47 Å². The van der Waals surface area contributed by atoms with Crippen molar-refractivity contribution in [2.75, 3.05) is 47.1 Å². The summed E-state index contributed by atoms with van der Waals surface area (Å²) < 4.78 is 17.1. The molecule has 2 aliphatic rings. The van der Waals surface area contributed by atoms with E-state index in [2.05, 4.69) is 17.0 Å². The van der Waals surface area contributed by atoms with Crippen LogP contribution >= 0.6 is 0 Å². The van der Waals surface area contributed by atoms with Crippen LogP contribution in [0, 0.1) is 0 Å². The van der Waals surface area contributed by atoms with Crippen molar-refractivity contribution in [3.8, 4) is 11.5 Å². The molecule has 1 aromatic carbocycles. The lowest BCUT2D eigenvalue weighted by molar-refractivity contribution is -0.102. The van der Waals surface area contributed by atoms with E-state index in [4.69, 9.17) is 19.3 Å². The van der Waals surface area contributed by atoms with Crippen LogP contribution in [0.25, 0.3) is 0 Å². The van der Waals surface area contributed by atoms with Crippen molar-refractivity contribution >= 4 is 0 Å². The summed E-state index contributed by atoms with van der Waals surface area (Å²) >= 11 is 0. The lowest BCUT2D eigenvalue weighted by Gasteiger charge is -2.45. The number of β-amino-alcohol motifs (C(OH)–C–C–N with tert-alkyl or cyclic N) is 1. The summed E-state index contributed by atoms with van der Waals surface area (Å²) in [6.45, 7) is 2.70. The number of aliphatic hydroxyl groups is 2. The fourth-order valence-corrected chi connectivity index (χ4v) is 3.85. The van der Waals surface area contributed by atoms with E-state index in [0.29, 0.717) is 13.2 Å². The van der Waals surface area contributed by atoms with E-state index in [0.717, 1.165) is 43.9 Å². The van der Waals surface area contributed by atoms with Gasteiger partial charge in [0.15, 0.2) is 11.5 Å². The van der Waals surface area contributed by atoms with Crippen LogP contribution in [-0.4, -0.2) is 68.3 Å². The minimum absolute atomic E-state index is 0.196. The number of fused-ring (bicyclic) bond motifs is 2. The van der Waals surface area contributed by atoms with Crippen LogP contribution in [-0.2, 0) is 16.8 Å². The van der Waals surface area contributed by atoms with E-state index in [1.165, 1.54) is 11.1 Å². The number of benzene rings is 1. The average molecular weight is 337 g/mol. The Bertz CT molecular complexity index is 569. The van der Waals surface area contributed by atoms with Gasteiger partial charge < -0.3 is 29.3 Å². The standard InChI is InChI=1S/C18H27NO5/c1-22-16-9-13-3-8-24-18(15(13)10-17(16)23-2)4-6-19(7-5-18)11-14(21)12-20/h9-10,14,20-21H,3-8,11-12H2,1-2H3. The van der Waals surface area contributed by atoms with Crippen LogP contribution in [0.5, 0.6) is 11.5 Å². The molecule has 6 heteroatoms. The molecule has 2 heterocycles. The maximum atomic E-state index is 9.64. The maximum Gasteiger partial charge on any atom is 0.161 e. The van der Waals surface area contributed by atoms with Crippen molar-refractivity contribution in [1.82, 2.24) is 4.90 Å². The lowest BCUT2D eigenvalue weighted by atomic mass is 9.79. The Hall–Kier alpha value is -1.34. The van der Waals surface area contributed by atoms with Gasteiger partial charge in [-0.3, -0.25) is 0 Å². The molecule has 2 N–H and O–H groups in total. The van der Waals surface area contributed by atoms with Crippen LogP contribution in [0.15, 0.2) is 12.1 Å². The van der Waals surface area contributed by atoms with Crippen LogP contribution in [0.4, 0.5) is 0 Å². The molecule has 6 nitrogen and oxygen atoms in total. The summed E-state index contributed by atoms with van der Waals surface area (Å²) in [5, 5.41) is 18.7. The number of ether oxygens (including phenoxy) is 3. The van der Waals surface area contributed by atoms with Crippen LogP contribution in [0.2, 0.25) is 0 Å². The Kier molecular flexibility index (Phi) is 5.30. The predicted molar refractivity (Wildman–Crippen MR) is 89.6 cm³/mol. The number of rotatable bonds is 5. The van der Waals surface area contributed by atoms with Gasteiger partial charge >= 0.3 is 0 Å². The van der Waals surface area contributed by atoms with Gasteiger partial charge in [0.25, 0.3) is 0 Å². The van der Waals surface area contributed by atoms with Crippen molar-refractivity contribution in [3.05, 3.63) is 23.3 Å². The fraction of sp³-hybridized carbons (Fsp3) is 0.667. The minimum Gasteiger partial charge on any atom is -0.493 e. The molecule has 24 heavy (non-hydrogen) atoms. The number of aliphatic hydroxyl groups excluding tert-OH is 2. The summed E-state index contributed by atoms with van der Waals surface area (Å²) in [5.41, 5.74) is 2.19. The van der Waals surface area contributed by atoms with Crippen molar-refractivity contribution < 1.29 is 24.4 Å². The molecule has 1 atom stereocenters. The molecular weight excluding hydrogens is 310 g/mol. The van der Waals surface area contributed by atoms with E-state index in [1.807, 2.05) is 0 Å². The molecule has 0 saturated carbocycles. The third kappa shape index (κ3) is 3.24. The zero-order valence-corrected chi connectivity index (χ0v) is 14.5. The molecule has 1 fully saturated rings. The van der Waals surface area contributed by atoms with Gasteiger partial charge in [0.2, 0.25) is 0 Å². The van der Waals surface area contributed by atoms with Crippen LogP contribution in [0.1, 0.15) is 24.0 Å². The van der Waals surface area contributed by atoms with E-state index >= 15 is 0 Å². The molecule has 0 aromatic heterocycles. The highest BCUT2D eigenvalue weighted by atomic mass is 16.5. The molecular formula is C18H27NO5. The van der Waals surface area contributed by atoms with Gasteiger partial charge in [0.1, 0.15) is 0 Å². The van der Waals surface area contributed by atoms with Gasteiger partial charge in [-0.2, -0.15) is 0 Å². The summed E-state index contributed by atoms with van der Waals surface area (Å²) in [6, 6.07) is 4.13. The Balaban J connectivity index is 1.82. The van der Waals surface area contributed by atoms with E-state index < -0.39 is 6.10 Å². The molecule has 2 aliphatic heterocycles. The number of likely N-dealkylation sites (tertiary alicyclic amines) is 1. The molecule has 1 unspecified atom stereocenters. The second-order valence-corrected chi connectivity index (χ2v) is 6.59. The molecule has 0 aliphatic carbocycles. The average Bonchev–Trinajstić information content (AvgIpc) is 2.62. The largest absolute Gasteiger partial charge is 0.493 e. The van der Waals surface area contributed by atoms with Crippen molar-refractivity contribution in [2.45, 2.75) is 31.0 Å². The molecule has 1 aromatic rings. The second-order valence-electron chi connectivity index (χ2n) is 6.59. The zero-order valence-electron chi connectivity index (χ0n) is 14.5. The maximum absolute atomic E-state index is 9.64. The summed E-state index contributed by atoms with van der Waals surface area (Å²) in [7, 11) is 3.31. The first-order chi connectivity index (χ1) is 11.6. The lowest BCUT2D eigenvalue weighted by Crippen LogP contribution is -2.48. The molecule has 0 bridgehead atoms. The van der Waals surface area contributed by atoms with Gasteiger partial charge in [0, 0.05) is 19.6 Å². The van der Waals surface area contributed by atoms with E-state index in [9.17, 15) is 5.11 Å². The highest BCUT2D eigenvalue weighted by Gasteiger charge is 2.41. The zero-order chi connectivity index (χ0) is 17.2. The minimum atomic E-state index is -0.678. The number of nitrogens with zero attached hydrogens (tertiary/aromatic N) is 1. The Morgan fingerprint density at radius 3 is 2.50 bits per heavy atom. The number of piperidine rings is 1. The third-order valence-electron chi connectivity index (χ3n) is 5.19. The second kappa shape index (κ2) is 7.27. The molecule has 0 amide bonds. The normalized spacial score (nSPS) is 21.3. The SMILES string of the molecule is COc1cc2c(cc1OC)C1(CCN(CC(O)CO)CC1)OCC2. The number of hydrogen-bond donors (Lipinski definition) is 2. The number of methoxy groups -OCH3 is 2. The summed E-state index contributed by atoms with van der Waals surface area (Å²) in [6.07, 6.45) is 1.94. The quantitative estimate of drug-likeness (QED) is 0.833.